The quantitative estimate of drug-likeness (QED) is 0.532. The van der Waals surface area contributed by atoms with Gasteiger partial charge in [-0.1, -0.05) is 30.8 Å². The van der Waals surface area contributed by atoms with E-state index in [2.05, 4.69) is 34.8 Å². The van der Waals surface area contributed by atoms with Crippen LogP contribution in [0.4, 0.5) is 0 Å². The molecule has 76 valence electrons. The Morgan fingerprint density at radius 3 is 2.71 bits per heavy atom. The molecule has 1 rings (SSSR count). The first-order valence-corrected chi connectivity index (χ1v) is 5.58. The van der Waals surface area contributed by atoms with Crippen LogP contribution in [-0.2, 0) is 13.0 Å². The molecule has 0 unspecified atom stereocenters. The molecule has 0 atom stereocenters. The molecule has 4 heteroatoms. The third-order valence-electron chi connectivity index (χ3n) is 1.75. The van der Waals surface area contributed by atoms with Crippen LogP contribution >= 0.6 is 11.8 Å². The minimum absolute atomic E-state index is 0.773. The van der Waals surface area contributed by atoms with Gasteiger partial charge in [-0.2, -0.15) is 0 Å². The molecule has 0 saturated carbocycles. The third-order valence-corrected chi connectivity index (χ3v) is 2.71. The van der Waals surface area contributed by atoms with E-state index in [9.17, 15) is 0 Å². The van der Waals surface area contributed by atoms with Gasteiger partial charge in [0, 0.05) is 18.7 Å². The molecule has 0 aromatic carbocycles. The molecule has 14 heavy (non-hydrogen) atoms. The normalized spacial score (nSPS) is 10.1. The van der Waals surface area contributed by atoms with Gasteiger partial charge in [0.25, 0.3) is 0 Å². The second-order valence-electron chi connectivity index (χ2n) is 2.75. The van der Waals surface area contributed by atoms with E-state index in [1.54, 1.807) is 11.8 Å². The highest BCUT2D eigenvalue weighted by atomic mass is 32.2. The van der Waals surface area contributed by atoms with Gasteiger partial charge in [-0.3, -0.25) is 0 Å². The predicted octanol–water partition coefficient (Wildman–Crippen LogP) is 2.30. The summed E-state index contributed by atoms with van der Waals surface area (Å²) in [4.78, 5) is 0. The fourth-order valence-corrected chi connectivity index (χ4v) is 1.83. The predicted molar refractivity (Wildman–Crippen MR) is 60.5 cm³/mol. The van der Waals surface area contributed by atoms with E-state index in [0.29, 0.717) is 0 Å². The lowest BCUT2D eigenvalue weighted by Gasteiger charge is -2.04. The van der Waals surface area contributed by atoms with Crippen LogP contribution in [0.2, 0.25) is 0 Å². The molecule has 0 aliphatic rings. The maximum absolute atomic E-state index is 4.12. The highest BCUT2D eigenvalue weighted by Gasteiger charge is 2.08. The Morgan fingerprint density at radius 2 is 2.14 bits per heavy atom. The van der Waals surface area contributed by atoms with E-state index < -0.39 is 0 Å². The fraction of sp³-hybridized carbons (Fsp3) is 0.400. The zero-order chi connectivity index (χ0) is 10.4. The zero-order valence-corrected chi connectivity index (χ0v) is 9.26. The Morgan fingerprint density at radius 1 is 1.36 bits per heavy atom. The van der Waals surface area contributed by atoms with E-state index in [0.717, 1.165) is 29.7 Å². The lowest BCUT2D eigenvalue weighted by atomic mass is 10.4. The number of nitrogens with zero attached hydrogens (tertiary/aromatic N) is 3. The summed E-state index contributed by atoms with van der Waals surface area (Å²) in [6.45, 7) is 10.3. The highest BCUT2D eigenvalue weighted by Crippen LogP contribution is 2.17. The highest BCUT2D eigenvalue weighted by molar-refractivity contribution is 7.99. The largest absolute Gasteiger partial charge is 0.302 e. The Balaban J connectivity index is 2.85. The lowest BCUT2D eigenvalue weighted by Crippen LogP contribution is -2.02. The molecule has 1 heterocycles. The van der Waals surface area contributed by atoms with Crippen molar-refractivity contribution < 1.29 is 0 Å². The molecule has 0 aliphatic carbocycles. The van der Waals surface area contributed by atoms with Gasteiger partial charge >= 0.3 is 0 Å². The molecule has 0 N–H and O–H groups in total. The van der Waals surface area contributed by atoms with Gasteiger partial charge in [0.2, 0.25) is 0 Å². The summed E-state index contributed by atoms with van der Waals surface area (Å²) in [7, 11) is 0. The van der Waals surface area contributed by atoms with Crippen molar-refractivity contribution >= 4 is 11.8 Å². The van der Waals surface area contributed by atoms with Crippen LogP contribution in [0.3, 0.4) is 0 Å². The van der Waals surface area contributed by atoms with Crippen LogP contribution in [0.5, 0.6) is 0 Å². The molecule has 0 bridgehead atoms. The van der Waals surface area contributed by atoms with Crippen molar-refractivity contribution in [2.75, 3.05) is 5.75 Å². The Bertz CT molecular complexity index is 317. The van der Waals surface area contributed by atoms with Crippen LogP contribution in [0.1, 0.15) is 12.7 Å². The monoisotopic (exact) mass is 209 g/mol. The van der Waals surface area contributed by atoms with Crippen molar-refractivity contribution in [2.24, 2.45) is 0 Å². The van der Waals surface area contributed by atoms with E-state index >= 15 is 0 Å². The van der Waals surface area contributed by atoms with Gasteiger partial charge in [0.1, 0.15) is 5.82 Å². The van der Waals surface area contributed by atoms with Crippen molar-refractivity contribution in [1.29, 1.82) is 0 Å². The van der Waals surface area contributed by atoms with Gasteiger partial charge in [-0.25, -0.2) is 0 Å². The molecule has 0 fully saturated rings. The van der Waals surface area contributed by atoms with Gasteiger partial charge in [-0.05, 0) is 0 Å². The third kappa shape index (κ3) is 2.48. The maximum atomic E-state index is 4.12. The summed E-state index contributed by atoms with van der Waals surface area (Å²) in [6, 6.07) is 0. The van der Waals surface area contributed by atoms with Crippen LogP contribution in [0, 0.1) is 0 Å². The zero-order valence-electron chi connectivity index (χ0n) is 8.44. The van der Waals surface area contributed by atoms with Gasteiger partial charge in [0.05, 0.1) is 0 Å². The maximum Gasteiger partial charge on any atom is 0.191 e. The standard InChI is InChI=1S/C10H15N3S/c1-4-7-13-9(6-3)11-12-10(13)14-8-5-2/h4-5H,1-2,6-8H2,3H3. The molecule has 0 amide bonds. The Labute approximate surface area is 88.9 Å². The van der Waals surface area contributed by atoms with Crippen LogP contribution < -0.4 is 0 Å². The number of hydrogen-bond donors (Lipinski definition) is 0. The van der Waals surface area contributed by atoms with E-state index in [1.807, 2.05) is 12.2 Å². The van der Waals surface area contributed by atoms with E-state index in [1.165, 1.54) is 0 Å². The summed E-state index contributed by atoms with van der Waals surface area (Å²) in [5, 5.41) is 9.19. The summed E-state index contributed by atoms with van der Waals surface area (Å²) in [5.74, 6) is 1.87. The van der Waals surface area contributed by atoms with Crippen molar-refractivity contribution in [1.82, 2.24) is 14.8 Å². The first-order chi connectivity index (χ1) is 6.83. The van der Waals surface area contributed by atoms with Crippen molar-refractivity contribution in [3.8, 4) is 0 Å². The minimum Gasteiger partial charge on any atom is -0.302 e. The summed E-state index contributed by atoms with van der Waals surface area (Å²) >= 11 is 1.65. The fourth-order valence-electron chi connectivity index (χ4n) is 1.13. The second-order valence-corrected chi connectivity index (χ2v) is 3.74. The first-order valence-electron chi connectivity index (χ1n) is 4.60. The smallest absolute Gasteiger partial charge is 0.191 e. The van der Waals surface area contributed by atoms with Crippen LogP contribution in [0.25, 0.3) is 0 Å². The van der Waals surface area contributed by atoms with Gasteiger partial charge in [0.15, 0.2) is 5.16 Å². The molecular weight excluding hydrogens is 194 g/mol. The SMILES string of the molecule is C=CCSc1nnc(CC)n1CC=C. The summed E-state index contributed by atoms with van der Waals surface area (Å²) in [5.41, 5.74) is 0. The van der Waals surface area contributed by atoms with E-state index in [4.69, 9.17) is 0 Å². The molecular formula is C10H15N3S. The van der Waals surface area contributed by atoms with Crippen molar-refractivity contribution in [3.63, 3.8) is 0 Å². The molecule has 3 nitrogen and oxygen atoms in total. The molecule has 1 aromatic heterocycles. The summed E-state index contributed by atoms with van der Waals surface area (Å²) in [6.07, 6.45) is 4.62. The number of thioether (sulfide) groups is 1. The minimum atomic E-state index is 0.773. The molecule has 0 saturated heterocycles. The Kier molecular flexibility index (Phi) is 4.46. The molecule has 0 aliphatic heterocycles. The van der Waals surface area contributed by atoms with Gasteiger partial charge in [-0.15, -0.1) is 23.4 Å². The number of allylic oxidation sites excluding steroid dienone is 1. The van der Waals surface area contributed by atoms with Gasteiger partial charge < -0.3 is 4.57 Å². The van der Waals surface area contributed by atoms with E-state index in [-0.39, 0.29) is 0 Å². The average molecular weight is 209 g/mol. The average Bonchev–Trinajstić information content (AvgIpc) is 2.58. The Hall–Kier alpha value is -1.03. The van der Waals surface area contributed by atoms with Crippen LogP contribution in [-0.4, -0.2) is 20.5 Å². The second kappa shape index (κ2) is 5.65. The first kappa shape index (κ1) is 11.0. The lowest BCUT2D eigenvalue weighted by molar-refractivity contribution is 0.685. The van der Waals surface area contributed by atoms with Crippen molar-refractivity contribution in [3.05, 3.63) is 31.1 Å². The molecule has 0 spiro atoms. The topological polar surface area (TPSA) is 30.7 Å². The molecule has 0 radical (unpaired) electrons. The number of hydrogen-bond acceptors (Lipinski definition) is 3. The number of rotatable bonds is 6. The summed E-state index contributed by atoms with van der Waals surface area (Å²) < 4.78 is 2.08. The molecule has 1 aromatic rings. The number of aromatic nitrogens is 3. The van der Waals surface area contributed by atoms with Crippen LogP contribution in [0.15, 0.2) is 30.5 Å². The number of aryl methyl sites for hydroxylation is 1. The van der Waals surface area contributed by atoms with Crippen molar-refractivity contribution in [2.45, 2.75) is 25.0 Å².